The normalized spacial score (nSPS) is 13.0. The predicted octanol–water partition coefficient (Wildman–Crippen LogP) is 3.37. The molecule has 0 saturated heterocycles. The molecule has 0 aromatic carbocycles. The van der Waals surface area contributed by atoms with Crippen LogP contribution < -0.4 is 26.9 Å². The number of nitrogens with one attached hydrogen (secondary N) is 2. The lowest BCUT2D eigenvalue weighted by atomic mass is 10.2. The molecule has 0 bridgehead atoms. The van der Waals surface area contributed by atoms with Gasteiger partial charge in [0.25, 0.3) is 5.91 Å². The largest absolute Gasteiger partial charge is 0.495 e. The minimum Gasteiger partial charge on any atom is -0.495 e. The molecule has 0 fully saturated rings. The molecule has 0 spiro atoms. The summed E-state index contributed by atoms with van der Waals surface area (Å²) in [5.74, 6) is 0.747. The number of primary amides is 1. The Morgan fingerprint density at radius 1 is 0.929 bits per heavy atom. The van der Waals surface area contributed by atoms with Gasteiger partial charge in [-0.05, 0) is 78.9 Å². The molecule has 0 unspecified atom stereocenters. The van der Waals surface area contributed by atoms with Gasteiger partial charge in [-0.15, -0.1) is 0 Å². The molecule has 6 aromatic heterocycles. The fourth-order valence-corrected chi connectivity index (χ4v) is 6.98. The maximum Gasteiger partial charge on any atom is 0.276 e. The van der Waals surface area contributed by atoms with Gasteiger partial charge >= 0.3 is 0 Å². The maximum absolute atomic E-state index is 13.5. The first-order chi connectivity index (χ1) is 27.1. The van der Waals surface area contributed by atoms with Crippen LogP contribution in [-0.2, 0) is 30.9 Å². The fraction of sp³-hybridized carbons (Fsp3) is 0.350. The van der Waals surface area contributed by atoms with E-state index >= 15 is 0 Å². The van der Waals surface area contributed by atoms with E-state index in [4.69, 9.17) is 20.4 Å². The number of nitrogens with two attached hydrogens (primary N) is 1. The first-order valence-electron chi connectivity index (χ1n) is 18.9. The SMILES string of the molecule is CCn1nc(C)cc1C(=O)Nc1nc2cc(C(N)=O)cnc2n1C/C=C/Cn1c2c(c3cnc(-c4cc(C)nn4CC)nc31)=CC(C)=CCC=2OCCCNC. The van der Waals surface area contributed by atoms with Crippen molar-refractivity contribution in [1.29, 1.82) is 0 Å². The number of anilines is 1. The molecular weight excluding hydrogens is 711 g/mol. The molecule has 1 aliphatic carbocycles. The molecule has 4 N–H and O–H groups in total. The van der Waals surface area contributed by atoms with Gasteiger partial charge in [0.15, 0.2) is 11.5 Å². The molecule has 0 atom stereocenters. The van der Waals surface area contributed by atoms with E-state index in [-0.39, 0.29) is 17.4 Å². The van der Waals surface area contributed by atoms with Crippen molar-refractivity contribution in [3.05, 3.63) is 87.6 Å². The number of rotatable bonds is 15. The monoisotopic (exact) mass is 757 g/mol. The highest BCUT2D eigenvalue weighted by Gasteiger charge is 2.21. The predicted molar refractivity (Wildman–Crippen MR) is 215 cm³/mol. The maximum atomic E-state index is 13.5. The zero-order valence-electron chi connectivity index (χ0n) is 32.6. The standard InChI is InChI=1S/C40H47N13O3/c1-7-52-31(19-25(4)48-52)36-43-23-29-28-18-24(3)12-13-33(56-17-11-14-42-6)34(28)50(37(29)46-36)15-9-10-16-51-38-30(21-27(22-44-38)35(41)54)45-40(51)47-39(55)32-20-26(5)49-53(32)8-2/h9-10,12,18-23,42H,7-8,11,13-17H2,1-6H3,(H2,41,54)(H,45,47,55)/b10-9+. The molecule has 6 aromatic rings. The molecule has 0 saturated carbocycles. The summed E-state index contributed by atoms with van der Waals surface area (Å²) in [6.45, 7) is 13.3. The third-order valence-corrected chi connectivity index (χ3v) is 9.63. The van der Waals surface area contributed by atoms with E-state index in [1.165, 1.54) is 6.20 Å². The van der Waals surface area contributed by atoms with Crippen molar-refractivity contribution in [3.8, 4) is 11.5 Å². The number of allylic oxidation sites excluding steroid dienone is 3. The van der Waals surface area contributed by atoms with Gasteiger partial charge in [0.1, 0.15) is 28.3 Å². The van der Waals surface area contributed by atoms with Crippen molar-refractivity contribution in [1.82, 2.24) is 53.9 Å². The van der Waals surface area contributed by atoms with Crippen molar-refractivity contribution < 1.29 is 14.3 Å². The number of carbonyl (C=O) groups is 2. The molecule has 56 heavy (non-hydrogen) atoms. The van der Waals surface area contributed by atoms with Crippen LogP contribution in [0, 0.1) is 13.8 Å². The fourth-order valence-electron chi connectivity index (χ4n) is 6.98. The van der Waals surface area contributed by atoms with Crippen molar-refractivity contribution in [2.45, 2.75) is 73.6 Å². The number of aromatic nitrogens is 10. The van der Waals surface area contributed by atoms with E-state index in [0.717, 1.165) is 63.0 Å². The molecule has 0 radical (unpaired) electrons. The minimum atomic E-state index is -0.620. The topological polar surface area (TPSA) is 191 Å². The lowest BCUT2D eigenvalue weighted by Gasteiger charge is -2.11. The molecule has 2 amide bonds. The lowest BCUT2D eigenvalue weighted by Crippen LogP contribution is -2.32. The Morgan fingerprint density at radius 2 is 1.68 bits per heavy atom. The van der Waals surface area contributed by atoms with Gasteiger partial charge in [0, 0.05) is 55.6 Å². The molecule has 0 aliphatic heterocycles. The highest BCUT2D eigenvalue weighted by atomic mass is 16.5. The number of imidazole rings is 1. The number of pyridine rings is 1. The van der Waals surface area contributed by atoms with Crippen molar-refractivity contribution >= 4 is 51.8 Å². The van der Waals surface area contributed by atoms with Crippen LogP contribution >= 0.6 is 0 Å². The number of nitrogens with zero attached hydrogens (tertiary/aromatic N) is 10. The van der Waals surface area contributed by atoms with E-state index in [1.54, 1.807) is 21.4 Å². The summed E-state index contributed by atoms with van der Waals surface area (Å²) in [5, 5.41) is 18.1. The van der Waals surface area contributed by atoms with Crippen LogP contribution in [0.1, 0.15) is 65.8 Å². The van der Waals surface area contributed by atoms with Gasteiger partial charge in [0.2, 0.25) is 11.9 Å². The summed E-state index contributed by atoms with van der Waals surface area (Å²) in [6.07, 6.45) is 13.2. The van der Waals surface area contributed by atoms with E-state index in [0.29, 0.717) is 61.9 Å². The first-order valence-corrected chi connectivity index (χ1v) is 18.9. The number of hydrogen-bond acceptors (Lipinski definition) is 10. The van der Waals surface area contributed by atoms with Gasteiger partial charge in [-0.1, -0.05) is 23.8 Å². The molecule has 16 nitrogen and oxygen atoms in total. The third kappa shape index (κ3) is 7.47. The Morgan fingerprint density at radius 3 is 2.43 bits per heavy atom. The number of fused-ring (bicyclic) bond motifs is 4. The van der Waals surface area contributed by atoms with E-state index in [2.05, 4.69) is 67.4 Å². The van der Waals surface area contributed by atoms with E-state index in [1.807, 2.05) is 50.8 Å². The van der Waals surface area contributed by atoms with Crippen molar-refractivity contribution in [3.63, 3.8) is 0 Å². The van der Waals surface area contributed by atoms with Gasteiger partial charge in [0.05, 0.1) is 28.9 Å². The second kappa shape index (κ2) is 16.1. The van der Waals surface area contributed by atoms with E-state index < -0.39 is 5.91 Å². The van der Waals surface area contributed by atoms with Crippen LogP contribution in [0.4, 0.5) is 5.95 Å². The molecule has 7 rings (SSSR count). The van der Waals surface area contributed by atoms with Crippen molar-refractivity contribution in [2.24, 2.45) is 5.73 Å². The average Bonchev–Trinajstić information content (AvgIpc) is 3.91. The van der Waals surface area contributed by atoms with Crippen molar-refractivity contribution in [2.75, 3.05) is 25.5 Å². The summed E-state index contributed by atoms with van der Waals surface area (Å²) in [7, 11) is 1.94. The zero-order chi connectivity index (χ0) is 39.5. The number of hydrogen-bond donors (Lipinski definition) is 3. The highest BCUT2D eigenvalue weighted by molar-refractivity contribution is 6.03. The Labute approximate surface area is 323 Å². The summed E-state index contributed by atoms with van der Waals surface area (Å²) >= 11 is 0. The van der Waals surface area contributed by atoms with Crippen LogP contribution in [0.2, 0.25) is 0 Å². The second-order valence-corrected chi connectivity index (χ2v) is 13.7. The van der Waals surface area contributed by atoms with Gasteiger partial charge in [-0.3, -0.25) is 28.8 Å². The van der Waals surface area contributed by atoms with Gasteiger partial charge in [-0.25, -0.2) is 19.9 Å². The van der Waals surface area contributed by atoms with Gasteiger partial charge in [-0.2, -0.15) is 10.2 Å². The first kappa shape index (κ1) is 37.9. The molecule has 290 valence electrons. The number of aryl methyl sites for hydroxylation is 4. The quantitative estimate of drug-likeness (QED) is 0.103. The van der Waals surface area contributed by atoms with Crippen LogP contribution in [-0.4, -0.2) is 80.6 Å². The average molecular weight is 758 g/mol. The number of carbonyl (C=O) groups excluding carboxylic acids is 2. The Bertz CT molecular complexity index is 2660. The van der Waals surface area contributed by atoms with Gasteiger partial charge < -0.3 is 20.4 Å². The minimum absolute atomic E-state index is 0.218. The molecular formula is C40H47N13O3. The lowest BCUT2D eigenvalue weighted by molar-refractivity contribution is 0.0995. The number of amides is 2. The van der Waals surface area contributed by atoms with Crippen LogP contribution in [0.3, 0.4) is 0 Å². The Balaban J connectivity index is 1.30. The summed E-state index contributed by atoms with van der Waals surface area (Å²) in [5.41, 5.74) is 11.5. The summed E-state index contributed by atoms with van der Waals surface area (Å²) < 4.78 is 14.0. The van der Waals surface area contributed by atoms with E-state index in [9.17, 15) is 9.59 Å². The molecule has 16 heteroatoms. The second-order valence-electron chi connectivity index (χ2n) is 13.7. The Hall–Kier alpha value is -6.42. The van der Waals surface area contributed by atoms with Crippen LogP contribution in [0.15, 0.2) is 54.4 Å². The smallest absolute Gasteiger partial charge is 0.276 e. The van der Waals surface area contributed by atoms with Crippen LogP contribution in [0.25, 0.3) is 45.6 Å². The molecule has 6 heterocycles. The Kier molecular flexibility index (Phi) is 10.9. The third-order valence-electron chi connectivity index (χ3n) is 9.63. The number of ether oxygens (including phenoxy) is 1. The summed E-state index contributed by atoms with van der Waals surface area (Å²) in [4.78, 5) is 44.8. The van der Waals surface area contributed by atoms with Crippen LogP contribution in [0.5, 0.6) is 0 Å². The molecule has 1 aliphatic rings. The highest BCUT2D eigenvalue weighted by Crippen LogP contribution is 2.22. The zero-order valence-corrected chi connectivity index (χ0v) is 32.6. The summed E-state index contributed by atoms with van der Waals surface area (Å²) in [6, 6.07) is 5.31.